The Bertz CT molecular complexity index is 901. The van der Waals surface area contributed by atoms with Crippen molar-refractivity contribution in [3.8, 4) is 0 Å². The summed E-state index contributed by atoms with van der Waals surface area (Å²) in [5.74, 6) is 0.403. The minimum Gasteiger partial charge on any atom is -0.349 e. The highest BCUT2D eigenvalue weighted by molar-refractivity contribution is 5.70. The van der Waals surface area contributed by atoms with Gasteiger partial charge in [-0.3, -0.25) is 0 Å². The van der Waals surface area contributed by atoms with Crippen LogP contribution in [0.2, 0.25) is 0 Å². The van der Waals surface area contributed by atoms with Crippen molar-refractivity contribution >= 4 is 12.2 Å². The van der Waals surface area contributed by atoms with E-state index in [9.17, 15) is 0 Å². The first-order valence-electron chi connectivity index (χ1n) is 12.3. The lowest BCUT2D eigenvalue weighted by atomic mass is 9.81. The molecule has 4 rings (SSSR count). The van der Waals surface area contributed by atoms with Crippen LogP contribution in [0.1, 0.15) is 68.2 Å². The molecule has 0 aromatic heterocycles. The molecule has 0 aliphatic heterocycles. The average Bonchev–Trinajstić information content (AvgIpc) is 3.38. The van der Waals surface area contributed by atoms with Crippen LogP contribution in [-0.4, -0.2) is 39.0 Å². The highest BCUT2D eigenvalue weighted by atomic mass is 16.7. The molecule has 0 radical (unpaired) electrons. The minimum absolute atomic E-state index is 0.202. The molecule has 2 aromatic carbocycles. The first-order chi connectivity index (χ1) is 16.2. The van der Waals surface area contributed by atoms with Crippen molar-refractivity contribution in [3.63, 3.8) is 0 Å². The van der Waals surface area contributed by atoms with Gasteiger partial charge in [0.1, 0.15) is 0 Å². The third-order valence-electron chi connectivity index (χ3n) is 6.48. The van der Waals surface area contributed by atoms with Crippen LogP contribution in [0, 0.1) is 0 Å². The fourth-order valence-electron chi connectivity index (χ4n) is 5.15. The molecule has 0 N–H and O–H groups in total. The molecule has 2 aromatic rings. The molecule has 2 atom stereocenters. The van der Waals surface area contributed by atoms with E-state index in [4.69, 9.17) is 18.9 Å². The van der Waals surface area contributed by atoms with Gasteiger partial charge < -0.3 is 18.9 Å². The van der Waals surface area contributed by atoms with Crippen LogP contribution in [0.25, 0.3) is 12.2 Å². The zero-order valence-corrected chi connectivity index (χ0v) is 20.3. The summed E-state index contributed by atoms with van der Waals surface area (Å²) in [6.45, 7) is 10.5. The van der Waals surface area contributed by atoms with Gasteiger partial charge >= 0.3 is 0 Å². The third kappa shape index (κ3) is 4.99. The first-order valence-corrected chi connectivity index (χ1v) is 12.3. The monoisotopic (exact) mass is 448 g/mol. The lowest BCUT2D eigenvalue weighted by Gasteiger charge is -2.30. The lowest BCUT2D eigenvalue weighted by molar-refractivity contribution is -0.115. The minimum atomic E-state index is -0.337. The van der Waals surface area contributed by atoms with Gasteiger partial charge in [0, 0.05) is 38.3 Å². The number of hydrogen-bond donors (Lipinski definition) is 0. The smallest absolute Gasteiger partial charge is 0.180 e. The van der Waals surface area contributed by atoms with Crippen molar-refractivity contribution in [1.29, 1.82) is 0 Å². The van der Waals surface area contributed by atoms with E-state index < -0.39 is 0 Å². The Labute approximate surface area is 198 Å². The molecule has 0 saturated carbocycles. The Morgan fingerprint density at radius 2 is 0.939 bits per heavy atom. The predicted molar refractivity (Wildman–Crippen MR) is 133 cm³/mol. The van der Waals surface area contributed by atoms with E-state index in [-0.39, 0.29) is 24.4 Å². The Morgan fingerprint density at radius 3 is 1.30 bits per heavy atom. The maximum absolute atomic E-state index is 6.06. The fourth-order valence-corrected chi connectivity index (χ4v) is 5.15. The second-order valence-electron chi connectivity index (χ2n) is 8.37. The van der Waals surface area contributed by atoms with E-state index in [1.807, 2.05) is 27.7 Å². The second kappa shape index (κ2) is 11.3. The number of rotatable bonds is 12. The number of ether oxygens (including phenoxy) is 4. The fraction of sp³-hybridized carbons (Fsp3) is 0.448. The van der Waals surface area contributed by atoms with E-state index in [0.29, 0.717) is 26.4 Å². The quantitative estimate of drug-likeness (QED) is 0.346. The van der Waals surface area contributed by atoms with Crippen LogP contribution in [0.5, 0.6) is 0 Å². The standard InChI is InChI=1S/C29H36O4/c1-5-30-28(31-6-2)26-17-20-13-9-11-15-22(20)24(26)19-25-23-16-12-10-14-21(23)18-27(25)29(32-7-3)33-8-4/h9-18,24-25,28-29H,5-8,19H2,1-4H3. The Kier molecular flexibility index (Phi) is 8.15. The predicted octanol–water partition coefficient (Wildman–Crippen LogP) is 6.54. The molecule has 0 heterocycles. The van der Waals surface area contributed by atoms with Gasteiger partial charge in [0.2, 0.25) is 0 Å². The summed E-state index contributed by atoms with van der Waals surface area (Å²) in [5.41, 5.74) is 7.59. The van der Waals surface area contributed by atoms with Crippen LogP contribution >= 0.6 is 0 Å². The zero-order valence-electron chi connectivity index (χ0n) is 20.3. The van der Waals surface area contributed by atoms with Gasteiger partial charge in [-0.05, 0) is 79.7 Å². The molecule has 4 heteroatoms. The average molecular weight is 449 g/mol. The van der Waals surface area contributed by atoms with Crippen molar-refractivity contribution in [3.05, 3.63) is 81.9 Å². The third-order valence-corrected chi connectivity index (χ3v) is 6.48. The summed E-state index contributed by atoms with van der Waals surface area (Å²) in [7, 11) is 0. The summed E-state index contributed by atoms with van der Waals surface area (Å²) in [5, 5.41) is 0. The zero-order chi connectivity index (χ0) is 23.2. The van der Waals surface area contributed by atoms with Gasteiger partial charge in [0.25, 0.3) is 0 Å². The first kappa shape index (κ1) is 23.9. The van der Waals surface area contributed by atoms with Crippen LogP contribution in [-0.2, 0) is 18.9 Å². The molecular weight excluding hydrogens is 412 g/mol. The largest absolute Gasteiger partial charge is 0.349 e. The number of benzene rings is 2. The Balaban J connectivity index is 1.72. The molecule has 2 unspecified atom stereocenters. The maximum Gasteiger partial charge on any atom is 0.180 e. The van der Waals surface area contributed by atoms with Gasteiger partial charge in [-0.2, -0.15) is 0 Å². The van der Waals surface area contributed by atoms with Crippen LogP contribution < -0.4 is 0 Å². The molecular formula is C29H36O4. The molecule has 0 spiro atoms. The summed E-state index contributed by atoms with van der Waals surface area (Å²) in [6.07, 6.45) is 4.78. The normalized spacial score (nSPS) is 19.1. The molecule has 0 bridgehead atoms. The van der Waals surface area contributed by atoms with E-state index in [1.165, 1.54) is 33.4 Å². The summed E-state index contributed by atoms with van der Waals surface area (Å²) < 4.78 is 24.2. The van der Waals surface area contributed by atoms with Gasteiger partial charge in [0.05, 0.1) is 0 Å². The van der Waals surface area contributed by atoms with Crippen molar-refractivity contribution < 1.29 is 18.9 Å². The van der Waals surface area contributed by atoms with Crippen molar-refractivity contribution in [2.45, 2.75) is 58.5 Å². The maximum atomic E-state index is 6.06. The molecule has 0 saturated heterocycles. The van der Waals surface area contributed by atoms with E-state index in [2.05, 4.69) is 60.7 Å². The Morgan fingerprint density at radius 1 is 0.576 bits per heavy atom. The molecule has 2 aliphatic rings. The van der Waals surface area contributed by atoms with Crippen LogP contribution in [0.3, 0.4) is 0 Å². The summed E-state index contributed by atoms with van der Waals surface area (Å²) >= 11 is 0. The Hall–Kier alpha value is -2.24. The number of fused-ring (bicyclic) bond motifs is 2. The van der Waals surface area contributed by atoms with Gasteiger partial charge in [-0.25, -0.2) is 0 Å². The molecule has 2 aliphatic carbocycles. The molecule has 0 amide bonds. The van der Waals surface area contributed by atoms with Crippen LogP contribution in [0.4, 0.5) is 0 Å². The van der Waals surface area contributed by atoms with Crippen molar-refractivity contribution in [1.82, 2.24) is 0 Å². The van der Waals surface area contributed by atoms with E-state index in [0.717, 1.165) is 6.42 Å². The molecule has 176 valence electrons. The highest BCUT2D eigenvalue weighted by Gasteiger charge is 2.38. The molecule has 0 fully saturated rings. The molecule has 33 heavy (non-hydrogen) atoms. The summed E-state index contributed by atoms with van der Waals surface area (Å²) in [4.78, 5) is 0. The highest BCUT2D eigenvalue weighted by Crippen LogP contribution is 2.49. The lowest BCUT2D eigenvalue weighted by Crippen LogP contribution is -2.26. The molecule has 4 nitrogen and oxygen atoms in total. The topological polar surface area (TPSA) is 36.9 Å². The van der Waals surface area contributed by atoms with Gasteiger partial charge in [-0.1, -0.05) is 48.5 Å². The van der Waals surface area contributed by atoms with E-state index in [1.54, 1.807) is 0 Å². The van der Waals surface area contributed by atoms with Crippen molar-refractivity contribution in [2.75, 3.05) is 26.4 Å². The van der Waals surface area contributed by atoms with Gasteiger partial charge in [0.15, 0.2) is 12.6 Å². The second-order valence-corrected chi connectivity index (χ2v) is 8.37. The van der Waals surface area contributed by atoms with Crippen molar-refractivity contribution in [2.24, 2.45) is 0 Å². The van der Waals surface area contributed by atoms with Crippen LogP contribution in [0.15, 0.2) is 59.7 Å². The summed E-state index contributed by atoms with van der Waals surface area (Å²) in [6, 6.07) is 17.3. The number of hydrogen-bond acceptors (Lipinski definition) is 4. The van der Waals surface area contributed by atoms with Gasteiger partial charge in [-0.15, -0.1) is 0 Å². The SMILES string of the molecule is CCOC(OCC)C1=Cc2ccccc2C1CC1C(C(OCC)OCC)=Cc2ccccc21. The van der Waals surface area contributed by atoms with E-state index >= 15 is 0 Å².